The molecule has 192 valence electrons. The second-order valence-electron chi connectivity index (χ2n) is 9.55. The summed E-state index contributed by atoms with van der Waals surface area (Å²) in [6, 6.07) is 17.1. The van der Waals surface area contributed by atoms with Crippen molar-refractivity contribution in [1.29, 1.82) is 0 Å². The van der Waals surface area contributed by atoms with Crippen molar-refractivity contribution >= 4 is 23.4 Å². The monoisotopic (exact) mass is 492 g/mol. The predicted octanol–water partition coefficient (Wildman–Crippen LogP) is 4.66. The fourth-order valence-corrected chi connectivity index (χ4v) is 4.86. The van der Waals surface area contributed by atoms with Gasteiger partial charge >= 0.3 is 11.9 Å². The number of carboxylic acids is 2. The number of ketones is 1. The van der Waals surface area contributed by atoms with E-state index in [-0.39, 0.29) is 0 Å². The molecule has 7 nitrogen and oxygen atoms in total. The van der Waals surface area contributed by atoms with Crippen LogP contribution in [0.15, 0.2) is 60.7 Å². The first kappa shape index (κ1) is 27.1. The van der Waals surface area contributed by atoms with Crippen molar-refractivity contribution in [2.24, 2.45) is 5.92 Å². The Bertz CT molecular complexity index is 1040. The number of rotatable bonds is 8. The minimum Gasteiger partial charge on any atom is -0.478 e. The summed E-state index contributed by atoms with van der Waals surface area (Å²) >= 11 is 0. The van der Waals surface area contributed by atoms with Gasteiger partial charge < -0.3 is 15.1 Å². The molecule has 0 atom stereocenters. The van der Waals surface area contributed by atoms with E-state index in [2.05, 4.69) is 59.3 Å². The lowest BCUT2D eigenvalue weighted by Crippen LogP contribution is -2.33. The van der Waals surface area contributed by atoms with Gasteiger partial charge in [-0.05, 0) is 80.4 Å². The molecule has 1 saturated heterocycles. The highest BCUT2D eigenvalue weighted by atomic mass is 16.4. The second-order valence-corrected chi connectivity index (χ2v) is 9.55. The van der Waals surface area contributed by atoms with Gasteiger partial charge in [-0.1, -0.05) is 30.3 Å². The maximum Gasteiger partial charge on any atom is 0.328 e. The summed E-state index contributed by atoms with van der Waals surface area (Å²) in [5, 5.41) is 15.6. The number of anilines is 1. The summed E-state index contributed by atoms with van der Waals surface area (Å²) in [4.78, 5) is 36.7. The maximum absolute atomic E-state index is 12.7. The third kappa shape index (κ3) is 8.64. The molecule has 0 unspecified atom stereocenters. The molecule has 2 aliphatic heterocycles. The zero-order valence-electron chi connectivity index (χ0n) is 20.9. The topological polar surface area (TPSA) is 98.2 Å². The summed E-state index contributed by atoms with van der Waals surface area (Å²) in [5.41, 5.74) is 4.95. The summed E-state index contributed by atoms with van der Waals surface area (Å²) in [6.07, 6.45) is 7.56. The molecule has 2 aliphatic rings. The summed E-state index contributed by atoms with van der Waals surface area (Å²) < 4.78 is 0. The molecule has 0 aromatic heterocycles. The van der Waals surface area contributed by atoms with E-state index in [4.69, 9.17) is 10.2 Å². The molecular weight excluding hydrogens is 456 g/mol. The minimum absolute atomic E-state index is 0.322. The number of benzene rings is 2. The van der Waals surface area contributed by atoms with Gasteiger partial charge in [0.25, 0.3) is 0 Å². The van der Waals surface area contributed by atoms with Crippen LogP contribution >= 0.6 is 0 Å². The van der Waals surface area contributed by atoms with Gasteiger partial charge in [0.1, 0.15) is 0 Å². The number of nitrogens with zero attached hydrogens (tertiary/aromatic N) is 2. The van der Waals surface area contributed by atoms with Crippen molar-refractivity contribution < 1.29 is 24.6 Å². The molecule has 0 radical (unpaired) electrons. The van der Waals surface area contributed by atoms with Crippen molar-refractivity contribution in [2.75, 3.05) is 31.6 Å². The highest BCUT2D eigenvalue weighted by molar-refractivity contribution is 5.96. The van der Waals surface area contributed by atoms with Crippen LogP contribution in [0, 0.1) is 5.92 Å². The van der Waals surface area contributed by atoms with Gasteiger partial charge in [-0.25, -0.2) is 9.59 Å². The zero-order valence-corrected chi connectivity index (χ0v) is 20.9. The number of carboxylic acid groups (broad SMARTS) is 2. The maximum atomic E-state index is 12.7. The fraction of sp³-hybridized carbons (Fsp3) is 0.414. The second kappa shape index (κ2) is 13.6. The lowest BCUT2D eigenvalue weighted by molar-refractivity contribution is -0.134. The van der Waals surface area contributed by atoms with Crippen molar-refractivity contribution in [1.82, 2.24) is 4.90 Å². The van der Waals surface area contributed by atoms with Gasteiger partial charge in [-0.15, -0.1) is 0 Å². The fourth-order valence-electron chi connectivity index (χ4n) is 4.86. The van der Waals surface area contributed by atoms with Crippen LogP contribution in [0.1, 0.15) is 53.6 Å². The van der Waals surface area contributed by atoms with Gasteiger partial charge in [0, 0.05) is 50.0 Å². The number of carbonyl (C=O) groups is 3. The van der Waals surface area contributed by atoms with Crippen LogP contribution in [0.4, 0.5) is 5.69 Å². The number of carbonyl (C=O) groups excluding carboxylic acids is 1. The number of hydrogen-bond donors (Lipinski definition) is 2. The van der Waals surface area contributed by atoms with Crippen LogP contribution in [0.5, 0.6) is 0 Å². The molecule has 0 spiro atoms. The first-order valence-electron chi connectivity index (χ1n) is 12.6. The highest BCUT2D eigenvalue weighted by Crippen LogP contribution is 2.28. The summed E-state index contributed by atoms with van der Waals surface area (Å²) in [7, 11) is 2.14. The molecule has 4 rings (SSSR count). The molecule has 2 aromatic rings. The van der Waals surface area contributed by atoms with Gasteiger partial charge in [0.15, 0.2) is 5.78 Å². The lowest BCUT2D eigenvalue weighted by Gasteiger charge is -2.32. The van der Waals surface area contributed by atoms with E-state index < -0.39 is 11.9 Å². The Morgan fingerprint density at radius 3 is 2.25 bits per heavy atom. The van der Waals surface area contributed by atoms with E-state index in [1.807, 2.05) is 6.07 Å². The quantitative estimate of drug-likeness (QED) is 0.409. The number of likely N-dealkylation sites (tertiary alicyclic amines) is 1. The van der Waals surface area contributed by atoms with E-state index in [0.717, 1.165) is 44.6 Å². The number of fused-ring (bicyclic) bond motifs is 1. The molecule has 36 heavy (non-hydrogen) atoms. The van der Waals surface area contributed by atoms with E-state index in [1.165, 1.54) is 36.1 Å². The molecule has 2 N–H and O–H groups in total. The van der Waals surface area contributed by atoms with E-state index in [0.29, 0.717) is 30.3 Å². The van der Waals surface area contributed by atoms with Gasteiger partial charge in [-0.2, -0.15) is 0 Å². The van der Waals surface area contributed by atoms with Gasteiger partial charge in [0.2, 0.25) is 0 Å². The minimum atomic E-state index is -1.26. The Balaban J connectivity index is 0.000000392. The van der Waals surface area contributed by atoms with Gasteiger partial charge in [0.05, 0.1) is 0 Å². The Morgan fingerprint density at radius 2 is 1.61 bits per heavy atom. The number of aliphatic carboxylic acids is 2. The van der Waals surface area contributed by atoms with Crippen LogP contribution in [0.2, 0.25) is 0 Å². The number of piperidine rings is 1. The number of hydrogen-bond acceptors (Lipinski definition) is 5. The first-order chi connectivity index (χ1) is 17.3. The largest absolute Gasteiger partial charge is 0.478 e. The van der Waals surface area contributed by atoms with E-state index >= 15 is 0 Å². The predicted molar refractivity (Wildman–Crippen MR) is 140 cm³/mol. The van der Waals surface area contributed by atoms with Crippen molar-refractivity contribution in [3.63, 3.8) is 0 Å². The molecule has 0 aliphatic carbocycles. The summed E-state index contributed by atoms with van der Waals surface area (Å²) in [6.45, 7) is 4.47. The van der Waals surface area contributed by atoms with Crippen molar-refractivity contribution in [2.45, 2.75) is 45.1 Å². The van der Waals surface area contributed by atoms with E-state index in [1.54, 1.807) is 0 Å². The Labute approximate surface area is 213 Å². The van der Waals surface area contributed by atoms with Crippen LogP contribution in [0.3, 0.4) is 0 Å². The number of Topliss-reactive ketones (excluding diaryl/α,β-unsaturated/α-hetero) is 1. The van der Waals surface area contributed by atoms with Gasteiger partial charge in [-0.3, -0.25) is 9.69 Å². The molecule has 2 aromatic carbocycles. The van der Waals surface area contributed by atoms with Crippen LogP contribution < -0.4 is 4.90 Å². The summed E-state index contributed by atoms with van der Waals surface area (Å²) in [5.74, 6) is -1.50. The third-order valence-electron chi connectivity index (χ3n) is 6.86. The highest BCUT2D eigenvalue weighted by Gasteiger charge is 2.21. The van der Waals surface area contributed by atoms with Crippen molar-refractivity contribution in [3.05, 3.63) is 77.4 Å². The Morgan fingerprint density at radius 1 is 0.944 bits per heavy atom. The molecule has 2 heterocycles. The average molecular weight is 493 g/mol. The Hall–Kier alpha value is -3.45. The molecular formula is C29H36N2O5. The SMILES string of the molecule is CN1CCCc2cc(C(=O)CCC3CCN(Cc4ccccc4)CC3)ccc21.O=C(O)/C=C/C(=O)O. The Kier molecular flexibility index (Phi) is 10.2. The molecule has 1 fully saturated rings. The smallest absolute Gasteiger partial charge is 0.328 e. The zero-order chi connectivity index (χ0) is 25.9. The van der Waals surface area contributed by atoms with Crippen LogP contribution in [0.25, 0.3) is 0 Å². The average Bonchev–Trinajstić information content (AvgIpc) is 2.88. The van der Waals surface area contributed by atoms with Crippen molar-refractivity contribution in [3.8, 4) is 0 Å². The van der Waals surface area contributed by atoms with E-state index in [9.17, 15) is 14.4 Å². The first-order valence-corrected chi connectivity index (χ1v) is 12.6. The molecule has 0 bridgehead atoms. The lowest BCUT2D eigenvalue weighted by atomic mass is 9.89. The number of aryl methyl sites for hydroxylation is 1. The third-order valence-corrected chi connectivity index (χ3v) is 6.86. The normalized spacial score (nSPS) is 16.2. The van der Waals surface area contributed by atoms with Crippen LogP contribution in [-0.4, -0.2) is 59.5 Å². The molecule has 0 saturated carbocycles. The molecule has 7 heteroatoms. The van der Waals surface area contributed by atoms with Crippen LogP contribution in [-0.2, 0) is 22.6 Å². The standard InChI is InChI=1S/C25H32N2O.C4H4O4/c1-26-15-5-8-22-18-23(10-11-24(22)26)25(28)12-9-20-13-16-27(17-14-20)19-21-6-3-2-4-7-21;5-3(6)1-2-4(7)8/h2-4,6-7,10-11,18,20H,5,8-9,12-17,19H2,1H3;1-2H,(H,5,6)(H,7,8)/b;2-1+. The molecule has 0 amide bonds.